The molecule has 130 valence electrons. The van der Waals surface area contributed by atoms with Gasteiger partial charge in [0.05, 0.1) is 7.11 Å². The Balaban J connectivity index is 2.33. The van der Waals surface area contributed by atoms with Gasteiger partial charge in [-0.25, -0.2) is 9.69 Å². The average molecular weight is 341 g/mol. The van der Waals surface area contributed by atoms with Gasteiger partial charge in [0.2, 0.25) is 17.6 Å². The molecule has 0 fully saturated rings. The van der Waals surface area contributed by atoms with E-state index in [-0.39, 0.29) is 18.1 Å². The summed E-state index contributed by atoms with van der Waals surface area (Å²) in [7, 11) is 1.22. The highest BCUT2D eigenvalue weighted by molar-refractivity contribution is 6.20. The molecule has 0 radical (unpaired) electrons. The van der Waals surface area contributed by atoms with E-state index in [1.165, 1.54) is 19.2 Å². The third-order valence-electron chi connectivity index (χ3n) is 3.47. The minimum Gasteiger partial charge on any atom is -0.463 e. The predicted molar refractivity (Wildman–Crippen MR) is 92.4 cm³/mol. The van der Waals surface area contributed by atoms with Gasteiger partial charge in [-0.05, 0) is 31.0 Å². The van der Waals surface area contributed by atoms with Gasteiger partial charge in [0, 0.05) is 18.1 Å². The Kier molecular flexibility index (Phi) is 6.28. The first-order valence-corrected chi connectivity index (χ1v) is 7.80. The largest absolute Gasteiger partial charge is 0.463 e. The topological polar surface area (TPSA) is 76.8 Å². The first-order chi connectivity index (χ1) is 12.1. The van der Waals surface area contributed by atoms with Gasteiger partial charge in [0.15, 0.2) is 0 Å². The van der Waals surface area contributed by atoms with Crippen LogP contribution < -0.4 is 4.90 Å². The second-order valence-electron chi connectivity index (χ2n) is 5.21. The van der Waals surface area contributed by atoms with E-state index < -0.39 is 17.8 Å². The number of unbranched alkanes of at least 4 members (excludes halogenated alkanes) is 1. The lowest BCUT2D eigenvalue weighted by molar-refractivity contribution is -0.118. The maximum Gasteiger partial charge on any atom is 0.374 e. The Bertz CT molecular complexity index is 763. The molecule has 0 N–H and O–H groups in total. The maximum atomic E-state index is 12.8. The third kappa shape index (κ3) is 4.44. The molecule has 0 bridgehead atoms. The van der Waals surface area contributed by atoms with Crippen molar-refractivity contribution < 1.29 is 23.5 Å². The summed E-state index contributed by atoms with van der Waals surface area (Å²) in [6, 6.07) is 11.2. The number of carbonyl (C=O) groups is 3. The van der Waals surface area contributed by atoms with Crippen molar-refractivity contribution in [2.24, 2.45) is 0 Å². The van der Waals surface area contributed by atoms with E-state index >= 15 is 0 Å². The van der Waals surface area contributed by atoms with Crippen molar-refractivity contribution in [1.82, 2.24) is 0 Å². The molecule has 1 aromatic carbocycles. The van der Waals surface area contributed by atoms with E-state index in [4.69, 9.17) is 4.42 Å². The Morgan fingerprint density at radius 2 is 1.88 bits per heavy atom. The van der Waals surface area contributed by atoms with Gasteiger partial charge in [-0.2, -0.15) is 0 Å². The summed E-state index contributed by atoms with van der Waals surface area (Å²) in [6.07, 6.45) is 3.08. The number of methoxy groups -OCH3 is 1. The number of esters is 1. The van der Waals surface area contributed by atoms with Crippen LogP contribution in [0.2, 0.25) is 0 Å². The van der Waals surface area contributed by atoms with E-state index in [1.807, 2.05) is 0 Å². The van der Waals surface area contributed by atoms with Crippen LogP contribution in [-0.4, -0.2) is 24.9 Å². The molecule has 1 heterocycles. The van der Waals surface area contributed by atoms with Gasteiger partial charge >= 0.3 is 5.97 Å². The highest BCUT2D eigenvalue weighted by atomic mass is 16.5. The Morgan fingerprint density at radius 1 is 1.16 bits per heavy atom. The number of hydrogen-bond donors (Lipinski definition) is 0. The molecule has 0 aliphatic rings. The molecular formula is C19H19NO5. The molecule has 0 saturated carbocycles. The van der Waals surface area contributed by atoms with Crippen LogP contribution in [0.3, 0.4) is 0 Å². The summed E-state index contributed by atoms with van der Waals surface area (Å²) in [5, 5.41) is 0. The number of amides is 2. The van der Waals surface area contributed by atoms with Gasteiger partial charge < -0.3 is 9.15 Å². The molecule has 2 aromatic rings. The van der Waals surface area contributed by atoms with Crippen molar-refractivity contribution in [3.05, 3.63) is 66.4 Å². The minimum atomic E-state index is -0.683. The molecule has 2 amide bonds. The Labute approximate surface area is 145 Å². The number of imide groups is 1. The molecule has 0 atom stereocenters. The summed E-state index contributed by atoms with van der Waals surface area (Å²) in [6.45, 7) is 3.61. The predicted octanol–water partition coefficient (Wildman–Crippen LogP) is 3.60. The Morgan fingerprint density at radius 3 is 2.52 bits per heavy atom. The lowest BCUT2D eigenvalue weighted by Gasteiger charge is -2.18. The summed E-state index contributed by atoms with van der Waals surface area (Å²) in [5.74, 6) is -1.71. The number of nitrogens with zero attached hydrogens (tertiary/aromatic N) is 1. The van der Waals surface area contributed by atoms with Crippen molar-refractivity contribution in [3.63, 3.8) is 0 Å². The lowest BCUT2D eigenvalue weighted by atomic mass is 10.1. The van der Waals surface area contributed by atoms with E-state index in [0.29, 0.717) is 18.4 Å². The molecule has 6 nitrogen and oxygen atoms in total. The molecule has 0 aliphatic carbocycles. The summed E-state index contributed by atoms with van der Waals surface area (Å²) in [4.78, 5) is 37.9. The molecule has 0 saturated heterocycles. The van der Waals surface area contributed by atoms with Crippen LogP contribution in [0.25, 0.3) is 0 Å². The van der Waals surface area contributed by atoms with Crippen LogP contribution in [-0.2, 0) is 9.53 Å². The van der Waals surface area contributed by atoms with E-state index in [9.17, 15) is 14.4 Å². The fourth-order valence-corrected chi connectivity index (χ4v) is 2.21. The SMILES string of the molecule is C=CCCCC(=O)N(C(=O)c1ccccc1)c1ccc(C(=O)OC)o1. The second kappa shape index (κ2) is 8.63. The highest BCUT2D eigenvalue weighted by Crippen LogP contribution is 2.23. The molecule has 0 spiro atoms. The summed E-state index contributed by atoms with van der Waals surface area (Å²) in [5.41, 5.74) is 0.343. The Hall–Kier alpha value is -3.15. The van der Waals surface area contributed by atoms with Crippen LogP contribution in [0, 0.1) is 0 Å². The first-order valence-electron chi connectivity index (χ1n) is 7.80. The maximum absolute atomic E-state index is 12.8. The third-order valence-corrected chi connectivity index (χ3v) is 3.47. The van der Waals surface area contributed by atoms with Crippen molar-refractivity contribution in [3.8, 4) is 0 Å². The summed E-state index contributed by atoms with van der Waals surface area (Å²) >= 11 is 0. The van der Waals surface area contributed by atoms with Crippen LogP contribution in [0.1, 0.15) is 40.2 Å². The fourth-order valence-electron chi connectivity index (χ4n) is 2.21. The van der Waals surface area contributed by atoms with Gasteiger partial charge in [-0.15, -0.1) is 6.58 Å². The van der Waals surface area contributed by atoms with Crippen LogP contribution in [0.15, 0.2) is 59.5 Å². The normalized spacial score (nSPS) is 10.1. The molecule has 0 aliphatic heterocycles. The number of allylic oxidation sites excluding steroid dienone is 1. The van der Waals surface area contributed by atoms with Gasteiger partial charge in [0.1, 0.15) is 0 Å². The van der Waals surface area contributed by atoms with E-state index in [0.717, 1.165) is 4.90 Å². The first kappa shape index (κ1) is 18.2. The molecule has 1 aromatic heterocycles. The van der Waals surface area contributed by atoms with Crippen LogP contribution in [0.5, 0.6) is 0 Å². The van der Waals surface area contributed by atoms with Gasteiger partial charge in [-0.1, -0.05) is 24.3 Å². The van der Waals surface area contributed by atoms with Crippen molar-refractivity contribution in [2.75, 3.05) is 12.0 Å². The van der Waals surface area contributed by atoms with Crippen LogP contribution in [0.4, 0.5) is 5.88 Å². The molecular weight excluding hydrogens is 322 g/mol. The number of carbonyl (C=O) groups excluding carboxylic acids is 3. The van der Waals surface area contributed by atoms with Crippen LogP contribution >= 0.6 is 0 Å². The number of anilines is 1. The smallest absolute Gasteiger partial charge is 0.374 e. The zero-order valence-electron chi connectivity index (χ0n) is 13.9. The van der Waals surface area contributed by atoms with Crippen molar-refractivity contribution in [1.29, 1.82) is 0 Å². The fraction of sp³-hybridized carbons (Fsp3) is 0.211. The molecule has 25 heavy (non-hydrogen) atoms. The van der Waals surface area contributed by atoms with Crippen molar-refractivity contribution in [2.45, 2.75) is 19.3 Å². The van der Waals surface area contributed by atoms with Gasteiger partial charge in [0.25, 0.3) is 5.91 Å². The quantitative estimate of drug-likeness (QED) is 0.437. The van der Waals surface area contributed by atoms with Crippen molar-refractivity contribution >= 4 is 23.7 Å². The lowest BCUT2D eigenvalue weighted by Crippen LogP contribution is -2.36. The number of benzene rings is 1. The van der Waals surface area contributed by atoms with Gasteiger partial charge in [-0.3, -0.25) is 9.59 Å². The zero-order valence-corrected chi connectivity index (χ0v) is 13.9. The average Bonchev–Trinajstić information content (AvgIpc) is 3.11. The monoisotopic (exact) mass is 341 g/mol. The standard InChI is InChI=1S/C19H19NO5/c1-3-4-6-11-16(21)20(18(22)14-9-7-5-8-10-14)17-13-12-15(25-17)19(23)24-2/h3,5,7-10,12-13H,1,4,6,11H2,2H3. The minimum absolute atomic E-state index is 0.0159. The van der Waals surface area contributed by atoms with E-state index in [1.54, 1.807) is 36.4 Å². The van der Waals surface area contributed by atoms with E-state index in [2.05, 4.69) is 11.3 Å². The number of hydrogen-bond acceptors (Lipinski definition) is 5. The zero-order chi connectivity index (χ0) is 18.2. The number of furan rings is 1. The highest BCUT2D eigenvalue weighted by Gasteiger charge is 2.28. The molecule has 2 rings (SSSR count). The summed E-state index contributed by atoms with van der Waals surface area (Å²) < 4.78 is 9.94. The second-order valence-corrected chi connectivity index (χ2v) is 5.21. The molecule has 6 heteroatoms. The number of ether oxygens (including phenoxy) is 1. The molecule has 0 unspecified atom stereocenters. The number of rotatable bonds is 7.